The SMILES string of the molecule is C.C.CC(C)S(=O)(=O)c1ccc(-c2cnc3[nH]cc(N4Cc5cc(N(C)C6CCNCC6)ccc5C4=O)c3n2)cc1.CC(C)S(=O)(=O)c1ccc(-c2cnc3[nH]cc(N4Cc5cc(N6CCCC(N)C6)ccc5C4=O)c3n2)cc1.CC(C)S(=O)(=O)c1ccc(-c2cnc3[nH]cc(N4Cc5cc(NCCN6CCOCC6)ccc5C4=O)c3n2)cc1.[HH].[HH].[HH].[HH].[HH]. The van der Waals surface area contributed by atoms with Crippen molar-refractivity contribution < 1.29 is 51.5 Å². The summed E-state index contributed by atoms with van der Waals surface area (Å²) in [6.07, 6.45) is 14.6. The van der Waals surface area contributed by atoms with Crippen molar-refractivity contribution in [3.8, 4) is 33.8 Å². The van der Waals surface area contributed by atoms with Crippen molar-refractivity contribution in [2.24, 2.45) is 5.73 Å². The largest absolute Gasteiger partial charge is 0.384 e. The van der Waals surface area contributed by atoms with Gasteiger partial charge in [0.1, 0.15) is 16.6 Å². The first-order valence-electron chi connectivity index (χ1n) is 39.6. The number of carbonyl (C=O) groups is 3. The van der Waals surface area contributed by atoms with Crippen LogP contribution in [0.1, 0.15) is 137 Å². The predicted octanol–water partition coefficient (Wildman–Crippen LogP) is 14.3. The van der Waals surface area contributed by atoms with Crippen LogP contribution < -0.4 is 40.9 Å². The van der Waals surface area contributed by atoms with Crippen LogP contribution in [-0.2, 0) is 53.9 Å². The Morgan fingerprint density at radius 3 is 1.34 bits per heavy atom. The fourth-order valence-electron chi connectivity index (χ4n) is 15.8. The van der Waals surface area contributed by atoms with Crippen LogP contribution in [0, 0.1) is 0 Å². The van der Waals surface area contributed by atoms with Gasteiger partial charge in [0.15, 0.2) is 46.5 Å². The third kappa shape index (κ3) is 16.8. The van der Waals surface area contributed by atoms with Gasteiger partial charge in [-0.25, -0.2) is 55.2 Å². The molecular formula is C88H112N18O10S3. The molecular weight excluding hydrogens is 1570 g/mol. The molecule has 6 aromatic heterocycles. The number of morpholine rings is 1. The Hall–Kier alpha value is -11.3. The quantitative estimate of drug-likeness (QED) is 0.0438. The van der Waals surface area contributed by atoms with E-state index in [0.717, 1.165) is 142 Å². The molecule has 6 aliphatic rings. The van der Waals surface area contributed by atoms with Crippen molar-refractivity contribution in [1.29, 1.82) is 0 Å². The Morgan fingerprint density at radius 1 is 0.521 bits per heavy atom. The standard InChI is InChI=1S/C29H32N6O4S.C29H32N6O3S.C28H30N6O3S.2CH4.5H2/c1-19(2)40(37,38)23-6-3-20(4-7-23)25-16-31-28-27(33-25)26(17-32-28)35-18-21-15-22(5-8-24(21)29(35)36)30-9-10-34-11-13-39-14-12-34;1-18(2)39(37,38)23-7-4-19(5-8-23)25-15-31-28-27(33-25)26(16-32-28)35-17-20-14-22(6-9-24(20)29(35)36)34(3)21-10-12-30-13-11-21;1-17(2)38(36,37)22-8-5-18(6-9-22)24-13-30-27-26(32-24)25(14-31-27)34-15-19-12-21(7-10-23(19)28(34)35)33-11-3-4-20(29)16-33;;;;;;;/h3-8,15-17,19,30H,9-14,18H2,1-2H3,(H,31,32);4-9,14-16,18,21,30H,10-13,17H2,1-3H3,(H,31,32);5-10,12-14,17,20H,3-4,11,15-16,29H2,1-2H3,(H,30,31);2*1H4;5*1H. The normalized spacial score (nSPS) is 16.5. The summed E-state index contributed by atoms with van der Waals surface area (Å²) in [6.45, 7) is 20.4. The van der Waals surface area contributed by atoms with Gasteiger partial charge in [-0.1, -0.05) is 51.3 Å². The van der Waals surface area contributed by atoms with E-state index in [0.29, 0.717) is 110 Å². The highest BCUT2D eigenvalue weighted by Crippen LogP contribution is 2.40. The van der Waals surface area contributed by atoms with Crippen LogP contribution in [0.15, 0.2) is 179 Å². The molecule has 18 rings (SSSR count). The van der Waals surface area contributed by atoms with Crippen molar-refractivity contribution in [2.45, 2.75) is 144 Å². The molecule has 1 unspecified atom stereocenters. The number of amides is 3. The first kappa shape index (κ1) is 84.1. The van der Waals surface area contributed by atoms with Crippen LogP contribution in [0.25, 0.3) is 67.3 Å². The van der Waals surface area contributed by atoms with Gasteiger partial charge >= 0.3 is 0 Å². The minimum Gasteiger partial charge on any atom is -0.384 e. The molecule has 0 aliphatic carbocycles. The van der Waals surface area contributed by atoms with E-state index >= 15 is 0 Å². The molecule has 632 valence electrons. The predicted molar refractivity (Wildman–Crippen MR) is 479 cm³/mol. The van der Waals surface area contributed by atoms with Crippen LogP contribution in [0.4, 0.5) is 34.1 Å². The van der Waals surface area contributed by atoms with E-state index in [1.54, 1.807) is 166 Å². The molecule has 0 spiro atoms. The van der Waals surface area contributed by atoms with Crippen LogP contribution >= 0.6 is 0 Å². The second kappa shape index (κ2) is 34.6. The average Bonchev–Trinajstić information content (AvgIpc) is 1.61. The molecule has 3 fully saturated rings. The summed E-state index contributed by atoms with van der Waals surface area (Å²) < 4.78 is 80.4. The topological polar surface area (TPSA) is 357 Å². The van der Waals surface area contributed by atoms with E-state index in [2.05, 4.69) is 74.4 Å². The molecule has 1 atom stereocenters. The summed E-state index contributed by atoms with van der Waals surface area (Å²) in [5.41, 5.74) is 23.9. The summed E-state index contributed by atoms with van der Waals surface area (Å²) in [5.74, 6) is -0.207. The summed E-state index contributed by atoms with van der Waals surface area (Å²) in [6, 6.07) is 38.7. The third-order valence-corrected chi connectivity index (χ3v) is 29.4. The fraction of sp³-hybridized carbons (Fsp3) is 0.352. The summed E-state index contributed by atoms with van der Waals surface area (Å²) in [5, 5.41) is 5.41. The molecule has 12 heterocycles. The van der Waals surface area contributed by atoms with Gasteiger partial charge in [-0.3, -0.25) is 19.3 Å². The van der Waals surface area contributed by atoms with Gasteiger partial charge in [0.25, 0.3) is 17.7 Å². The number of nitrogens with zero attached hydrogens (tertiary/aromatic N) is 12. The third-order valence-electron chi connectivity index (χ3n) is 22.9. The maximum Gasteiger partial charge on any atom is 0.259 e. The number of benzene rings is 6. The molecule has 3 saturated heterocycles. The van der Waals surface area contributed by atoms with Crippen molar-refractivity contribution in [3.05, 3.63) is 198 Å². The van der Waals surface area contributed by atoms with Gasteiger partial charge < -0.3 is 60.6 Å². The van der Waals surface area contributed by atoms with Crippen molar-refractivity contribution in [1.82, 2.24) is 55.1 Å². The van der Waals surface area contributed by atoms with E-state index in [9.17, 15) is 39.6 Å². The molecule has 7 N–H and O–H groups in total. The molecule has 28 nitrogen and oxygen atoms in total. The number of rotatable bonds is 19. The lowest BCUT2D eigenvalue weighted by atomic mass is 10.0. The van der Waals surface area contributed by atoms with Gasteiger partial charge in [-0.2, -0.15) is 0 Å². The Labute approximate surface area is 701 Å². The Kier molecular flexibility index (Phi) is 24.4. The van der Waals surface area contributed by atoms with Gasteiger partial charge in [0.05, 0.1) is 116 Å². The summed E-state index contributed by atoms with van der Waals surface area (Å²) >= 11 is 0. The lowest BCUT2D eigenvalue weighted by molar-refractivity contribution is 0.0398. The van der Waals surface area contributed by atoms with E-state index in [1.165, 1.54) is 0 Å². The van der Waals surface area contributed by atoms with E-state index < -0.39 is 45.3 Å². The number of fused-ring (bicyclic) bond motifs is 6. The number of aromatic nitrogens is 9. The number of nitrogens with one attached hydrogen (secondary N) is 5. The molecule has 3 amide bonds. The van der Waals surface area contributed by atoms with Crippen LogP contribution in [0.3, 0.4) is 0 Å². The van der Waals surface area contributed by atoms with Crippen molar-refractivity contribution in [3.63, 3.8) is 0 Å². The second-order valence-corrected chi connectivity index (χ2v) is 38.8. The first-order chi connectivity index (χ1) is 56.3. The molecule has 119 heavy (non-hydrogen) atoms. The number of anilines is 6. The Balaban J connectivity index is 0.000000205. The maximum atomic E-state index is 13.4. The summed E-state index contributed by atoms with van der Waals surface area (Å²) in [4.78, 5) is 90.7. The van der Waals surface area contributed by atoms with Crippen LogP contribution in [0.5, 0.6) is 0 Å². The maximum absolute atomic E-state index is 13.4. The molecule has 0 bridgehead atoms. The Bertz CT molecular complexity index is 6170. The van der Waals surface area contributed by atoms with E-state index in [4.69, 9.17) is 25.4 Å². The van der Waals surface area contributed by atoms with Crippen LogP contribution in [-0.4, -0.2) is 193 Å². The number of nitrogens with two attached hydrogens (primary N) is 1. The number of ether oxygens (including phenoxy) is 1. The number of hydrogen-bond acceptors (Lipinski definition) is 22. The Morgan fingerprint density at radius 2 is 0.924 bits per heavy atom. The zero-order chi connectivity index (χ0) is 81.8. The van der Waals surface area contributed by atoms with Gasteiger partial charge in [0, 0.05) is 135 Å². The molecule has 0 radical (unpaired) electrons. The highest BCUT2D eigenvalue weighted by Gasteiger charge is 2.36. The molecule has 6 aliphatic heterocycles. The van der Waals surface area contributed by atoms with Crippen molar-refractivity contribution in [2.75, 3.05) is 102 Å². The highest BCUT2D eigenvalue weighted by atomic mass is 32.2. The number of piperidine rings is 2. The zero-order valence-corrected chi connectivity index (χ0v) is 68.7. The van der Waals surface area contributed by atoms with Crippen LogP contribution in [0.2, 0.25) is 0 Å². The van der Waals surface area contributed by atoms with Gasteiger partial charge in [0.2, 0.25) is 0 Å². The van der Waals surface area contributed by atoms with Gasteiger partial charge in [-0.15, -0.1) is 0 Å². The number of sulfone groups is 3. The minimum absolute atomic E-state index is 0. The lowest BCUT2D eigenvalue weighted by Gasteiger charge is -2.33. The molecule has 12 aromatic rings. The number of aromatic amines is 3. The number of carbonyl (C=O) groups excluding carboxylic acids is 3. The lowest BCUT2D eigenvalue weighted by Crippen LogP contribution is -2.42. The first-order valence-corrected chi connectivity index (χ1v) is 44.3. The minimum atomic E-state index is -3.36. The zero-order valence-electron chi connectivity index (χ0n) is 66.2. The monoisotopic (exact) mass is 1680 g/mol. The van der Waals surface area contributed by atoms with E-state index in [1.807, 2.05) is 42.5 Å². The summed E-state index contributed by atoms with van der Waals surface area (Å²) in [7, 11) is -7.95. The highest BCUT2D eigenvalue weighted by molar-refractivity contribution is 7.92. The van der Waals surface area contributed by atoms with Gasteiger partial charge in [-0.05, 0) is 188 Å². The molecule has 31 heteroatoms. The van der Waals surface area contributed by atoms with Crippen molar-refractivity contribution >= 4 is 115 Å². The molecule has 0 saturated carbocycles. The molecule has 6 aromatic carbocycles. The second-order valence-electron chi connectivity index (χ2n) is 31.3. The average molecular weight is 1680 g/mol. The smallest absolute Gasteiger partial charge is 0.259 e. The number of H-pyrrole nitrogens is 3. The van der Waals surface area contributed by atoms with E-state index in [-0.39, 0.29) is 60.4 Å². The number of hydrogen-bond donors (Lipinski definition) is 6. The fourth-order valence-corrected chi connectivity index (χ4v) is 19.0.